The zero-order chi connectivity index (χ0) is 28.7. The number of hydrogen-bond donors (Lipinski definition) is 1. The van der Waals surface area contributed by atoms with Crippen LogP contribution in [0.2, 0.25) is 0 Å². The number of nitrogens with zero attached hydrogens (tertiary/aromatic N) is 2. The number of Topliss-reactive ketones (excluding diaryl/α,β-unsaturated/α-hetero) is 1. The minimum absolute atomic E-state index is 0.0124. The highest BCUT2D eigenvalue weighted by atomic mass is 32.1. The maximum Gasteiger partial charge on any atom is 0.301 e. The molecule has 3 heterocycles. The molecule has 1 aromatic heterocycles. The first-order valence-electron chi connectivity index (χ1n) is 13.7. The van der Waals surface area contributed by atoms with E-state index in [4.69, 9.17) is 19.2 Å². The summed E-state index contributed by atoms with van der Waals surface area (Å²) < 4.78 is 17.8. The van der Waals surface area contributed by atoms with E-state index >= 15 is 0 Å². The van der Waals surface area contributed by atoms with Gasteiger partial charge in [0.25, 0.3) is 5.78 Å². The summed E-state index contributed by atoms with van der Waals surface area (Å²) in [5.41, 5.74) is 2.75. The molecule has 2 aliphatic heterocycles. The molecular weight excluding hydrogens is 540 g/mol. The minimum atomic E-state index is -0.884. The molecule has 9 heteroatoms. The molecule has 0 radical (unpaired) electrons. The monoisotopic (exact) mass is 570 g/mol. The lowest BCUT2D eigenvalue weighted by molar-refractivity contribution is -0.132. The lowest BCUT2D eigenvalue weighted by Crippen LogP contribution is -2.29. The van der Waals surface area contributed by atoms with Crippen molar-refractivity contribution in [1.29, 1.82) is 0 Å². The molecule has 2 aliphatic rings. The molecule has 41 heavy (non-hydrogen) atoms. The van der Waals surface area contributed by atoms with Crippen LogP contribution in [0.1, 0.15) is 49.4 Å². The normalized spacial score (nSPS) is 19.4. The number of carbonyl (C=O) groups is 2. The average molecular weight is 571 g/mol. The van der Waals surface area contributed by atoms with Crippen molar-refractivity contribution in [2.75, 3.05) is 18.6 Å². The molecule has 1 fully saturated rings. The number of amides is 1. The second kappa shape index (κ2) is 10.9. The van der Waals surface area contributed by atoms with E-state index in [1.165, 1.54) is 16.2 Å². The first-order valence-corrected chi connectivity index (χ1v) is 14.5. The minimum Gasteiger partial charge on any atom is -0.507 e. The fourth-order valence-corrected chi connectivity index (χ4v) is 6.29. The van der Waals surface area contributed by atoms with Crippen LogP contribution >= 0.6 is 11.3 Å². The van der Waals surface area contributed by atoms with Crippen molar-refractivity contribution in [2.45, 2.75) is 45.3 Å². The molecule has 0 unspecified atom stereocenters. The number of aromatic nitrogens is 1. The number of rotatable bonds is 8. The summed E-state index contributed by atoms with van der Waals surface area (Å²) in [7, 11) is 1.59. The highest BCUT2D eigenvalue weighted by Gasteiger charge is 2.48. The second-order valence-electron chi connectivity index (χ2n) is 10.2. The fraction of sp³-hybridized carbons (Fsp3) is 0.281. The van der Waals surface area contributed by atoms with Gasteiger partial charge in [0.2, 0.25) is 0 Å². The summed E-state index contributed by atoms with van der Waals surface area (Å²) in [6.07, 6.45) is 2.69. The van der Waals surface area contributed by atoms with Gasteiger partial charge in [0.05, 0.1) is 35.5 Å². The Morgan fingerprint density at radius 2 is 1.88 bits per heavy atom. The molecule has 4 aromatic rings. The molecule has 1 saturated heterocycles. The van der Waals surface area contributed by atoms with E-state index in [1.54, 1.807) is 25.3 Å². The third-order valence-corrected chi connectivity index (χ3v) is 8.38. The van der Waals surface area contributed by atoms with E-state index in [2.05, 4.69) is 6.92 Å². The summed E-state index contributed by atoms with van der Waals surface area (Å²) in [5.74, 6) is 0.374. The number of thiazole rings is 1. The van der Waals surface area contributed by atoms with E-state index in [0.29, 0.717) is 46.3 Å². The van der Waals surface area contributed by atoms with Crippen LogP contribution in [0.4, 0.5) is 5.13 Å². The number of methoxy groups -OCH3 is 1. The van der Waals surface area contributed by atoms with Crippen LogP contribution in [-0.4, -0.2) is 41.6 Å². The highest BCUT2D eigenvalue weighted by Crippen LogP contribution is 2.45. The molecular formula is C32H30N2O6S. The van der Waals surface area contributed by atoms with Crippen LogP contribution < -0.4 is 19.1 Å². The van der Waals surface area contributed by atoms with E-state index < -0.39 is 17.7 Å². The van der Waals surface area contributed by atoms with Crippen LogP contribution in [0.3, 0.4) is 0 Å². The number of benzene rings is 3. The Labute approximate surface area is 241 Å². The van der Waals surface area contributed by atoms with Crippen LogP contribution in [0.15, 0.2) is 66.2 Å². The summed E-state index contributed by atoms with van der Waals surface area (Å²) in [4.78, 5) is 33.3. The van der Waals surface area contributed by atoms with Gasteiger partial charge in [-0.2, -0.15) is 0 Å². The van der Waals surface area contributed by atoms with Gasteiger partial charge in [-0.15, -0.1) is 0 Å². The quantitative estimate of drug-likeness (QED) is 0.113. The number of hydrogen-bond acceptors (Lipinski definition) is 8. The molecule has 8 nitrogen and oxygen atoms in total. The van der Waals surface area contributed by atoms with Crippen molar-refractivity contribution >= 4 is 44.1 Å². The molecule has 6 rings (SSSR count). The highest BCUT2D eigenvalue weighted by molar-refractivity contribution is 7.22. The Morgan fingerprint density at radius 3 is 2.63 bits per heavy atom. The van der Waals surface area contributed by atoms with Crippen LogP contribution in [0.25, 0.3) is 16.0 Å². The number of carbonyl (C=O) groups excluding carboxylic acids is 2. The summed E-state index contributed by atoms with van der Waals surface area (Å²) in [5, 5.41) is 11.9. The Morgan fingerprint density at radius 1 is 1.10 bits per heavy atom. The predicted molar refractivity (Wildman–Crippen MR) is 158 cm³/mol. The zero-order valence-electron chi connectivity index (χ0n) is 23.0. The van der Waals surface area contributed by atoms with Gasteiger partial charge < -0.3 is 19.3 Å². The van der Waals surface area contributed by atoms with Crippen molar-refractivity contribution in [3.8, 4) is 17.2 Å². The number of unbranched alkanes of at least 4 members (excludes halogenated alkanes) is 1. The lowest BCUT2D eigenvalue weighted by atomic mass is 9.94. The molecule has 2 atom stereocenters. The van der Waals surface area contributed by atoms with Crippen LogP contribution in [-0.2, 0) is 16.0 Å². The molecule has 0 aliphatic carbocycles. The number of aliphatic hydroxyl groups is 1. The SMILES string of the molecule is CCCCOc1ccc([C@@H]2C(=C(O)c3ccc4c(c3)C[C@H](C)O4)C(=O)C(=O)N2c2nc3ccc(OC)cc3s2)cc1. The van der Waals surface area contributed by atoms with Gasteiger partial charge >= 0.3 is 5.91 Å². The molecule has 0 spiro atoms. The molecule has 0 saturated carbocycles. The molecule has 3 aromatic carbocycles. The molecule has 210 valence electrons. The van der Waals surface area contributed by atoms with Crippen molar-refractivity contribution < 1.29 is 28.9 Å². The first kappa shape index (κ1) is 26.8. The fourth-order valence-electron chi connectivity index (χ4n) is 5.27. The molecule has 1 amide bonds. The van der Waals surface area contributed by atoms with Gasteiger partial charge in [-0.3, -0.25) is 14.5 Å². The van der Waals surface area contributed by atoms with Crippen molar-refractivity contribution in [3.63, 3.8) is 0 Å². The molecule has 1 N–H and O–H groups in total. The molecule has 0 bridgehead atoms. The number of ketones is 1. The average Bonchev–Trinajstić information content (AvgIpc) is 3.64. The van der Waals surface area contributed by atoms with E-state index in [0.717, 1.165) is 28.9 Å². The maximum atomic E-state index is 13.6. The number of anilines is 1. The van der Waals surface area contributed by atoms with Crippen molar-refractivity contribution in [1.82, 2.24) is 4.98 Å². The van der Waals surface area contributed by atoms with E-state index in [1.807, 2.05) is 49.4 Å². The van der Waals surface area contributed by atoms with Gasteiger partial charge in [-0.1, -0.05) is 36.8 Å². The number of fused-ring (bicyclic) bond motifs is 2. The van der Waals surface area contributed by atoms with Gasteiger partial charge in [-0.25, -0.2) is 4.98 Å². The summed E-state index contributed by atoms with van der Waals surface area (Å²) in [6, 6.07) is 17.2. The Hall–Kier alpha value is -4.37. The number of ether oxygens (including phenoxy) is 3. The third kappa shape index (κ3) is 4.91. The van der Waals surface area contributed by atoms with Crippen molar-refractivity contribution in [3.05, 3.63) is 82.9 Å². The Balaban J connectivity index is 1.47. The van der Waals surface area contributed by atoms with Crippen LogP contribution in [0, 0.1) is 0 Å². The summed E-state index contributed by atoms with van der Waals surface area (Å²) in [6.45, 7) is 4.68. The smallest absolute Gasteiger partial charge is 0.301 e. The van der Waals surface area contributed by atoms with Gasteiger partial charge in [-0.05, 0) is 73.0 Å². The largest absolute Gasteiger partial charge is 0.507 e. The third-order valence-electron chi connectivity index (χ3n) is 7.37. The zero-order valence-corrected chi connectivity index (χ0v) is 23.9. The summed E-state index contributed by atoms with van der Waals surface area (Å²) >= 11 is 1.29. The lowest BCUT2D eigenvalue weighted by Gasteiger charge is -2.23. The number of aliphatic hydroxyl groups excluding tert-OH is 1. The Kier molecular flexibility index (Phi) is 7.13. The van der Waals surface area contributed by atoms with E-state index in [-0.39, 0.29) is 17.4 Å². The Bertz CT molecular complexity index is 1680. The standard InChI is InChI=1S/C32H30N2O6S/c1-4-5-14-39-22-9-6-19(7-10-22)28-27(29(35)20-8-13-25-21(16-20)15-18(2)40-25)30(36)31(37)34(28)32-33-24-12-11-23(38-3)17-26(24)41-32/h6-13,16-18,28,35H,4-5,14-15H2,1-3H3/t18-,28+/m0/s1. The topological polar surface area (TPSA) is 98.2 Å². The van der Waals surface area contributed by atoms with Gasteiger partial charge in [0.15, 0.2) is 5.13 Å². The maximum absolute atomic E-state index is 13.6. The van der Waals surface area contributed by atoms with Crippen molar-refractivity contribution in [2.24, 2.45) is 0 Å². The first-order chi connectivity index (χ1) is 19.9. The second-order valence-corrected chi connectivity index (χ2v) is 11.2. The van der Waals surface area contributed by atoms with Gasteiger partial charge in [0, 0.05) is 12.0 Å². The van der Waals surface area contributed by atoms with Gasteiger partial charge in [0.1, 0.15) is 29.1 Å². The van der Waals surface area contributed by atoms with E-state index in [9.17, 15) is 14.7 Å². The van der Waals surface area contributed by atoms with Crippen LogP contribution in [0.5, 0.6) is 17.2 Å². The predicted octanol–water partition coefficient (Wildman–Crippen LogP) is 6.43.